The highest BCUT2D eigenvalue weighted by atomic mass is 32.1. The number of aromatic nitrogens is 2. The van der Waals surface area contributed by atoms with Gasteiger partial charge in [-0.3, -0.25) is 4.98 Å². The zero-order valence-corrected chi connectivity index (χ0v) is 19.2. The highest BCUT2D eigenvalue weighted by Gasteiger charge is 2.42. The van der Waals surface area contributed by atoms with E-state index in [1.807, 2.05) is 53.2 Å². The van der Waals surface area contributed by atoms with Crippen LogP contribution in [0.5, 0.6) is 0 Å². The summed E-state index contributed by atoms with van der Waals surface area (Å²) in [7, 11) is 1.40. The highest BCUT2D eigenvalue weighted by molar-refractivity contribution is 7.80. The molecule has 33 heavy (non-hydrogen) atoms. The van der Waals surface area contributed by atoms with E-state index in [-0.39, 0.29) is 24.2 Å². The van der Waals surface area contributed by atoms with E-state index in [2.05, 4.69) is 21.3 Å². The van der Waals surface area contributed by atoms with Crippen LogP contribution in [0.25, 0.3) is 5.69 Å². The lowest BCUT2D eigenvalue weighted by Gasteiger charge is -2.30. The lowest BCUT2D eigenvalue weighted by atomic mass is 10.0. The van der Waals surface area contributed by atoms with Crippen molar-refractivity contribution >= 4 is 23.3 Å². The number of benzene rings is 1. The predicted octanol–water partition coefficient (Wildman–Crippen LogP) is 3.81. The van der Waals surface area contributed by atoms with Crippen LogP contribution in [0.3, 0.4) is 0 Å². The van der Waals surface area contributed by atoms with E-state index in [1.165, 1.54) is 7.11 Å². The number of methoxy groups -OCH3 is 1. The van der Waals surface area contributed by atoms with Crippen molar-refractivity contribution in [2.24, 2.45) is 0 Å². The van der Waals surface area contributed by atoms with Gasteiger partial charge in [-0.15, -0.1) is 0 Å². The number of nitrogens with one attached hydrogen (secondary N) is 1. The molecule has 1 aromatic carbocycles. The number of ether oxygens (including phenoxy) is 2. The Morgan fingerprint density at radius 3 is 2.82 bits per heavy atom. The summed E-state index contributed by atoms with van der Waals surface area (Å²) >= 11 is 5.80. The first-order valence-corrected chi connectivity index (χ1v) is 11.5. The van der Waals surface area contributed by atoms with Crippen molar-refractivity contribution in [1.82, 2.24) is 19.8 Å². The molecule has 0 unspecified atom stereocenters. The van der Waals surface area contributed by atoms with Crippen LogP contribution in [0.2, 0.25) is 0 Å². The minimum Gasteiger partial charge on any atom is -0.465 e. The van der Waals surface area contributed by atoms with E-state index in [0.29, 0.717) is 17.2 Å². The maximum atomic E-state index is 12.5. The van der Waals surface area contributed by atoms with Gasteiger partial charge in [0.15, 0.2) is 5.11 Å². The summed E-state index contributed by atoms with van der Waals surface area (Å²) in [6.45, 7) is 1.49. The molecule has 2 fully saturated rings. The molecule has 0 amide bonds. The fourth-order valence-corrected chi connectivity index (χ4v) is 5.07. The number of carbonyl (C=O) groups is 1. The monoisotopic (exact) mass is 462 g/mol. The molecular weight excluding hydrogens is 436 g/mol. The SMILES string of the molecule is COC(=O)c1ccccc1-n1cccc1[C@@H]1[C@@H](c2ccccn2)NC(=S)N1C[C@H]1CCCO1. The molecule has 2 aliphatic heterocycles. The molecule has 8 heteroatoms. The summed E-state index contributed by atoms with van der Waals surface area (Å²) in [5.74, 6) is -0.372. The van der Waals surface area contributed by atoms with Crippen LogP contribution in [0.1, 0.15) is 46.7 Å². The number of nitrogens with zero attached hydrogens (tertiary/aromatic N) is 3. The average molecular weight is 463 g/mol. The molecule has 0 aliphatic carbocycles. The van der Waals surface area contributed by atoms with E-state index in [0.717, 1.165) is 36.5 Å². The fourth-order valence-electron chi connectivity index (χ4n) is 4.75. The first-order valence-electron chi connectivity index (χ1n) is 11.1. The zero-order valence-electron chi connectivity index (χ0n) is 18.4. The van der Waals surface area contributed by atoms with Crippen LogP contribution >= 0.6 is 12.2 Å². The van der Waals surface area contributed by atoms with Crippen LogP contribution in [0.15, 0.2) is 67.0 Å². The number of pyridine rings is 1. The Morgan fingerprint density at radius 2 is 2.06 bits per heavy atom. The van der Waals surface area contributed by atoms with Gasteiger partial charge < -0.3 is 24.3 Å². The van der Waals surface area contributed by atoms with Crippen molar-refractivity contribution in [1.29, 1.82) is 0 Å². The van der Waals surface area contributed by atoms with Gasteiger partial charge in [-0.05, 0) is 61.5 Å². The number of hydrogen-bond donors (Lipinski definition) is 1. The number of para-hydroxylation sites is 1. The molecule has 7 nitrogen and oxygen atoms in total. The number of hydrogen-bond acceptors (Lipinski definition) is 5. The average Bonchev–Trinajstić information content (AvgIpc) is 3.60. The Hall–Kier alpha value is -3.23. The van der Waals surface area contributed by atoms with E-state index in [4.69, 9.17) is 21.7 Å². The summed E-state index contributed by atoms with van der Waals surface area (Å²) in [5.41, 5.74) is 3.19. The number of thiocarbonyl (C=S) groups is 1. The molecule has 0 spiro atoms. The largest absolute Gasteiger partial charge is 0.465 e. The second kappa shape index (κ2) is 9.33. The Morgan fingerprint density at radius 1 is 1.21 bits per heavy atom. The number of carbonyl (C=O) groups excluding carboxylic acids is 1. The van der Waals surface area contributed by atoms with Gasteiger partial charge in [0.05, 0.1) is 42.2 Å². The molecule has 4 heterocycles. The number of esters is 1. The Bertz CT molecular complexity index is 1140. The quantitative estimate of drug-likeness (QED) is 0.441. The molecule has 2 aliphatic rings. The van der Waals surface area contributed by atoms with Crippen molar-refractivity contribution in [2.75, 3.05) is 20.3 Å². The van der Waals surface area contributed by atoms with Crippen LogP contribution in [0, 0.1) is 0 Å². The molecule has 3 aromatic rings. The Balaban J connectivity index is 1.60. The molecule has 170 valence electrons. The lowest BCUT2D eigenvalue weighted by molar-refractivity contribution is 0.0600. The van der Waals surface area contributed by atoms with Crippen molar-refractivity contribution in [2.45, 2.75) is 31.0 Å². The van der Waals surface area contributed by atoms with Crippen LogP contribution in [-0.4, -0.2) is 51.9 Å². The summed E-state index contributed by atoms with van der Waals surface area (Å²) in [5, 5.41) is 4.17. The van der Waals surface area contributed by atoms with Gasteiger partial charge in [0.1, 0.15) is 0 Å². The third-order valence-electron chi connectivity index (χ3n) is 6.27. The van der Waals surface area contributed by atoms with Crippen LogP contribution in [-0.2, 0) is 9.47 Å². The van der Waals surface area contributed by atoms with Crippen molar-refractivity contribution < 1.29 is 14.3 Å². The zero-order chi connectivity index (χ0) is 22.8. The van der Waals surface area contributed by atoms with Gasteiger partial charge in [-0.25, -0.2) is 4.79 Å². The predicted molar refractivity (Wildman–Crippen MR) is 128 cm³/mol. The molecule has 1 N–H and O–H groups in total. The van der Waals surface area contributed by atoms with Crippen molar-refractivity contribution in [3.05, 3.63) is 83.9 Å². The highest BCUT2D eigenvalue weighted by Crippen LogP contribution is 2.40. The van der Waals surface area contributed by atoms with Gasteiger partial charge in [0.2, 0.25) is 0 Å². The summed E-state index contributed by atoms with van der Waals surface area (Å²) in [6.07, 6.45) is 5.99. The number of rotatable bonds is 6. The minimum atomic E-state index is -0.372. The topological polar surface area (TPSA) is 68.6 Å². The van der Waals surface area contributed by atoms with E-state index < -0.39 is 0 Å². The second-order valence-corrected chi connectivity index (χ2v) is 8.61. The third kappa shape index (κ3) is 4.12. The molecule has 2 saturated heterocycles. The Labute approximate surface area is 198 Å². The molecule has 0 saturated carbocycles. The standard InChI is InChI=1S/C25H26N4O3S/c1-31-24(30)18-9-2-3-11-20(18)28-14-6-12-21(28)23-22(19-10-4-5-13-26-19)27-25(33)29(23)16-17-8-7-15-32-17/h2-6,9-14,17,22-23H,7-8,15-16H2,1H3,(H,27,33)/t17-,22-,23-/m1/s1. The van der Waals surface area contributed by atoms with E-state index >= 15 is 0 Å². The van der Waals surface area contributed by atoms with Crippen LogP contribution in [0.4, 0.5) is 0 Å². The van der Waals surface area contributed by atoms with Gasteiger partial charge in [-0.2, -0.15) is 0 Å². The van der Waals surface area contributed by atoms with Gasteiger partial charge in [0, 0.05) is 31.2 Å². The minimum absolute atomic E-state index is 0.127. The summed E-state index contributed by atoms with van der Waals surface area (Å²) in [6, 6.07) is 17.2. The Kier molecular flexibility index (Phi) is 6.11. The maximum Gasteiger partial charge on any atom is 0.339 e. The van der Waals surface area contributed by atoms with Gasteiger partial charge in [0.25, 0.3) is 0 Å². The van der Waals surface area contributed by atoms with E-state index in [9.17, 15) is 4.79 Å². The first-order chi connectivity index (χ1) is 16.2. The van der Waals surface area contributed by atoms with Gasteiger partial charge in [-0.1, -0.05) is 18.2 Å². The van der Waals surface area contributed by atoms with E-state index in [1.54, 1.807) is 12.3 Å². The van der Waals surface area contributed by atoms with Crippen LogP contribution < -0.4 is 5.32 Å². The molecule has 2 aromatic heterocycles. The van der Waals surface area contributed by atoms with Crippen molar-refractivity contribution in [3.8, 4) is 5.69 Å². The first kappa shape index (κ1) is 21.6. The smallest absolute Gasteiger partial charge is 0.339 e. The van der Waals surface area contributed by atoms with Gasteiger partial charge >= 0.3 is 5.97 Å². The molecule has 5 rings (SSSR count). The summed E-state index contributed by atoms with van der Waals surface area (Å²) < 4.78 is 13.0. The lowest BCUT2D eigenvalue weighted by Crippen LogP contribution is -2.36. The molecule has 0 radical (unpaired) electrons. The molecule has 3 atom stereocenters. The third-order valence-corrected chi connectivity index (χ3v) is 6.63. The summed E-state index contributed by atoms with van der Waals surface area (Å²) in [4.78, 5) is 19.3. The fraction of sp³-hybridized carbons (Fsp3) is 0.320. The molecular formula is C25H26N4O3S. The second-order valence-electron chi connectivity index (χ2n) is 8.23. The molecule has 0 bridgehead atoms. The normalized spacial score (nSPS) is 22.4. The van der Waals surface area contributed by atoms with Crippen molar-refractivity contribution in [3.63, 3.8) is 0 Å². The maximum absolute atomic E-state index is 12.5.